The molecular weight excluding hydrogens is 594 g/mol. The Labute approximate surface area is 255 Å². The number of aliphatic hydroxyl groups is 1. The number of aliphatic carboxylic acids is 1. The minimum absolute atomic E-state index is 0.158. The molecule has 0 fully saturated rings. The molecule has 3 N–H and O–H groups in total. The Morgan fingerprint density at radius 2 is 1.81 bits per heavy atom. The molecule has 1 atom stereocenters. The highest BCUT2D eigenvalue weighted by molar-refractivity contribution is 7.00. The van der Waals surface area contributed by atoms with Crippen molar-refractivity contribution in [1.82, 2.24) is 14.1 Å². The zero-order chi connectivity index (χ0) is 29.8. The van der Waals surface area contributed by atoms with E-state index in [2.05, 4.69) is 14.1 Å². The van der Waals surface area contributed by atoms with Gasteiger partial charge < -0.3 is 29.2 Å². The Bertz CT molecular complexity index is 1780. The topological polar surface area (TPSA) is 132 Å². The molecule has 5 aromatic rings. The fourth-order valence-electron chi connectivity index (χ4n) is 4.59. The number of nitrogens with zero attached hydrogens (tertiary/aromatic N) is 2. The summed E-state index contributed by atoms with van der Waals surface area (Å²) in [6, 6.07) is 21.4. The molecule has 1 unspecified atom stereocenters. The van der Waals surface area contributed by atoms with Gasteiger partial charge in [-0.05, 0) is 41.5 Å². The van der Waals surface area contributed by atoms with Crippen LogP contribution in [0.1, 0.15) is 16.7 Å². The van der Waals surface area contributed by atoms with Crippen LogP contribution in [0.3, 0.4) is 0 Å². The summed E-state index contributed by atoms with van der Waals surface area (Å²) in [5, 5.41) is 22.1. The van der Waals surface area contributed by atoms with Crippen LogP contribution in [0.2, 0.25) is 5.02 Å². The Hall–Kier alpha value is -4.42. The number of carboxylic acids is 1. The maximum atomic E-state index is 11.4. The van der Waals surface area contributed by atoms with Crippen LogP contribution in [0.4, 0.5) is 0 Å². The normalized spacial score (nSPS) is 12.8. The minimum Gasteiger partial charge on any atom is -0.489 e. The van der Waals surface area contributed by atoms with Crippen LogP contribution in [0.15, 0.2) is 72.8 Å². The summed E-state index contributed by atoms with van der Waals surface area (Å²) in [6.45, 7) is 0.260. The quantitative estimate of drug-likeness (QED) is 0.166. The maximum Gasteiger partial charge on any atom is 0.323 e. The van der Waals surface area contributed by atoms with Crippen LogP contribution in [0, 0.1) is 0 Å². The second-order valence-corrected chi connectivity index (χ2v) is 10.6. The monoisotopic (exact) mass is 619 g/mol. The van der Waals surface area contributed by atoms with Crippen molar-refractivity contribution in [3.63, 3.8) is 0 Å². The first-order chi connectivity index (χ1) is 21.0. The number of fused-ring (bicyclic) bond motifs is 2. The van der Waals surface area contributed by atoms with E-state index in [1.54, 1.807) is 18.2 Å². The van der Waals surface area contributed by atoms with E-state index in [0.29, 0.717) is 33.6 Å². The third-order valence-corrected chi connectivity index (χ3v) is 7.93. The van der Waals surface area contributed by atoms with Gasteiger partial charge in [0.05, 0.1) is 23.4 Å². The summed E-state index contributed by atoms with van der Waals surface area (Å²) < 4.78 is 31.8. The smallest absolute Gasteiger partial charge is 0.323 e. The van der Waals surface area contributed by atoms with Crippen molar-refractivity contribution in [2.45, 2.75) is 25.8 Å². The molecule has 43 heavy (non-hydrogen) atoms. The van der Waals surface area contributed by atoms with Gasteiger partial charge in [0.1, 0.15) is 41.8 Å². The Morgan fingerprint density at radius 1 is 0.953 bits per heavy atom. The number of rotatable bonds is 12. The van der Waals surface area contributed by atoms with Crippen molar-refractivity contribution in [3.05, 3.63) is 94.5 Å². The van der Waals surface area contributed by atoms with Crippen LogP contribution in [-0.4, -0.2) is 44.4 Å². The van der Waals surface area contributed by atoms with Gasteiger partial charge in [-0.2, -0.15) is 8.75 Å². The van der Waals surface area contributed by atoms with Gasteiger partial charge in [-0.1, -0.05) is 48.0 Å². The molecule has 12 heteroatoms. The molecule has 0 saturated heterocycles. The zero-order valence-electron chi connectivity index (χ0n) is 22.7. The van der Waals surface area contributed by atoms with Crippen molar-refractivity contribution >= 4 is 40.3 Å². The van der Waals surface area contributed by atoms with Gasteiger partial charge in [-0.3, -0.25) is 10.1 Å². The van der Waals surface area contributed by atoms with Crippen LogP contribution >= 0.6 is 23.3 Å². The van der Waals surface area contributed by atoms with E-state index in [1.807, 2.05) is 54.6 Å². The average Bonchev–Trinajstić information content (AvgIpc) is 3.69. The van der Waals surface area contributed by atoms with E-state index in [1.165, 1.54) is 0 Å². The molecule has 4 aromatic carbocycles. The predicted molar refractivity (Wildman–Crippen MR) is 161 cm³/mol. The third kappa shape index (κ3) is 6.50. The summed E-state index contributed by atoms with van der Waals surface area (Å²) in [5.41, 5.74) is 5.75. The van der Waals surface area contributed by atoms with E-state index < -0.39 is 18.6 Å². The van der Waals surface area contributed by atoms with Crippen molar-refractivity contribution in [1.29, 1.82) is 0 Å². The average molecular weight is 620 g/mol. The first kappa shape index (κ1) is 28.7. The molecule has 0 bridgehead atoms. The first-order valence-corrected chi connectivity index (χ1v) is 14.4. The molecule has 0 aliphatic carbocycles. The second kappa shape index (κ2) is 12.8. The van der Waals surface area contributed by atoms with E-state index in [0.717, 1.165) is 45.0 Å². The van der Waals surface area contributed by atoms with Crippen LogP contribution in [0.5, 0.6) is 23.0 Å². The lowest BCUT2D eigenvalue weighted by atomic mass is 10.0. The predicted octanol–water partition coefficient (Wildman–Crippen LogP) is 5.43. The minimum atomic E-state index is -1.14. The van der Waals surface area contributed by atoms with Crippen molar-refractivity contribution < 1.29 is 34.0 Å². The molecule has 0 spiro atoms. The number of hydrogen-bond donors (Lipinski definition) is 3. The molecule has 1 aliphatic rings. The largest absolute Gasteiger partial charge is 0.489 e. The van der Waals surface area contributed by atoms with Gasteiger partial charge in [0.2, 0.25) is 6.79 Å². The van der Waals surface area contributed by atoms with Gasteiger partial charge in [0.15, 0.2) is 11.5 Å². The standard InChI is InChI=1S/C31H26ClN3O7S/c32-30-21(2-1-3-23(30)19-6-9-27-29(11-19)42-17-41-27)16-39-22-7-5-20(13-33-26(14-36)31(37)38)28(12-22)40-15-18-4-8-24-25(10-18)35-43-34-24/h1-12,26,33,36H,13-17H2,(H,37,38). The number of ether oxygens (including phenoxy) is 4. The number of aromatic nitrogens is 2. The van der Waals surface area contributed by atoms with Gasteiger partial charge >= 0.3 is 5.97 Å². The van der Waals surface area contributed by atoms with Crippen molar-refractivity contribution in [3.8, 4) is 34.1 Å². The Balaban J connectivity index is 1.20. The van der Waals surface area contributed by atoms with Gasteiger partial charge in [0.25, 0.3) is 0 Å². The molecule has 0 radical (unpaired) electrons. The lowest BCUT2D eigenvalue weighted by molar-refractivity contribution is -0.140. The molecular formula is C31H26ClN3O7S. The number of carboxylic acid groups (broad SMARTS) is 1. The maximum absolute atomic E-state index is 11.4. The molecule has 0 saturated carbocycles. The number of aliphatic hydroxyl groups excluding tert-OH is 1. The first-order valence-electron chi connectivity index (χ1n) is 13.3. The van der Waals surface area contributed by atoms with E-state index >= 15 is 0 Å². The highest BCUT2D eigenvalue weighted by Crippen LogP contribution is 2.39. The lowest BCUT2D eigenvalue weighted by Crippen LogP contribution is -2.39. The van der Waals surface area contributed by atoms with Gasteiger partial charge in [0, 0.05) is 29.3 Å². The summed E-state index contributed by atoms with van der Waals surface area (Å²) >= 11 is 7.96. The van der Waals surface area contributed by atoms with Crippen LogP contribution in [0.25, 0.3) is 22.2 Å². The highest BCUT2D eigenvalue weighted by atomic mass is 35.5. The number of carbonyl (C=O) groups is 1. The van der Waals surface area contributed by atoms with Crippen LogP contribution in [-0.2, 0) is 24.6 Å². The zero-order valence-corrected chi connectivity index (χ0v) is 24.2. The molecule has 1 aliphatic heterocycles. The highest BCUT2D eigenvalue weighted by Gasteiger charge is 2.18. The van der Waals surface area contributed by atoms with Crippen LogP contribution < -0.4 is 24.3 Å². The molecule has 2 heterocycles. The molecule has 220 valence electrons. The fraction of sp³-hybridized carbons (Fsp3) is 0.194. The van der Waals surface area contributed by atoms with E-state index in [4.69, 9.17) is 30.5 Å². The third-order valence-electron chi connectivity index (χ3n) is 6.93. The Kier molecular flexibility index (Phi) is 8.57. The fourth-order valence-corrected chi connectivity index (χ4v) is 5.39. The summed E-state index contributed by atoms with van der Waals surface area (Å²) in [6.07, 6.45) is 0. The number of benzene rings is 4. The molecule has 10 nitrogen and oxygen atoms in total. The van der Waals surface area contributed by atoms with Crippen molar-refractivity contribution in [2.75, 3.05) is 13.4 Å². The molecule has 0 amide bonds. The molecule has 6 rings (SSSR count). The lowest BCUT2D eigenvalue weighted by Gasteiger charge is -2.17. The van der Waals surface area contributed by atoms with Gasteiger partial charge in [-0.25, -0.2) is 0 Å². The Morgan fingerprint density at radius 3 is 2.67 bits per heavy atom. The summed E-state index contributed by atoms with van der Waals surface area (Å²) in [7, 11) is 0. The summed E-state index contributed by atoms with van der Waals surface area (Å²) in [4.78, 5) is 11.4. The number of halogens is 1. The van der Waals surface area contributed by atoms with Crippen molar-refractivity contribution in [2.24, 2.45) is 0 Å². The van der Waals surface area contributed by atoms with Gasteiger partial charge in [-0.15, -0.1) is 0 Å². The summed E-state index contributed by atoms with van der Waals surface area (Å²) in [5.74, 6) is 1.28. The SMILES string of the molecule is O=C(O)C(CO)NCc1ccc(OCc2cccc(-c3ccc4c(c3)OCO4)c2Cl)cc1OCc1ccc2nsnc2c1. The van der Waals surface area contributed by atoms with E-state index in [9.17, 15) is 15.0 Å². The number of nitrogens with one attached hydrogen (secondary N) is 1. The number of hydrogen-bond acceptors (Lipinski definition) is 10. The second-order valence-electron chi connectivity index (χ2n) is 9.74. The molecule has 1 aromatic heterocycles. The van der Waals surface area contributed by atoms with E-state index in [-0.39, 0.29) is 26.6 Å².